The monoisotopic (exact) mass is 283 g/mol. The van der Waals surface area contributed by atoms with E-state index >= 15 is 0 Å². The minimum absolute atomic E-state index is 0.0469. The lowest BCUT2D eigenvalue weighted by atomic mass is 10.2. The highest BCUT2D eigenvalue weighted by molar-refractivity contribution is 5.77. The zero-order valence-corrected chi connectivity index (χ0v) is 11.7. The second kappa shape index (κ2) is 6.31. The van der Waals surface area contributed by atoms with Gasteiger partial charge in [-0.3, -0.25) is 4.79 Å². The van der Waals surface area contributed by atoms with Gasteiger partial charge in [0.25, 0.3) is 0 Å². The van der Waals surface area contributed by atoms with Crippen LogP contribution in [0.25, 0.3) is 11.0 Å². The molecule has 4 heteroatoms. The van der Waals surface area contributed by atoms with Crippen LogP contribution in [0, 0.1) is 0 Å². The third kappa shape index (κ3) is 3.34. The van der Waals surface area contributed by atoms with Crippen molar-refractivity contribution in [1.29, 1.82) is 0 Å². The first kappa shape index (κ1) is 13.5. The van der Waals surface area contributed by atoms with E-state index in [0.29, 0.717) is 23.3 Å². The van der Waals surface area contributed by atoms with E-state index in [1.54, 1.807) is 12.1 Å². The van der Waals surface area contributed by atoms with Gasteiger partial charge in [-0.1, -0.05) is 0 Å². The predicted molar refractivity (Wildman–Crippen MR) is 81.6 cm³/mol. The number of aromatic nitrogens is 1. The molecule has 3 rings (SSSR count). The first-order valence-corrected chi connectivity index (χ1v) is 7.08. The maximum absolute atomic E-state index is 11.7. The maximum Gasteiger partial charge on any atom is 0.192 e. The third-order valence-corrected chi connectivity index (χ3v) is 3.38. The fourth-order valence-corrected chi connectivity index (χ4v) is 2.26. The van der Waals surface area contributed by atoms with E-state index < -0.39 is 0 Å². The molecule has 1 aromatic carbocycles. The van der Waals surface area contributed by atoms with Crippen molar-refractivity contribution in [2.45, 2.75) is 19.4 Å². The number of hydrogen-bond donors (Lipinski definition) is 0. The molecule has 0 atom stereocenters. The molecular weight excluding hydrogens is 266 g/mol. The third-order valence-electron chi connectivity index (χ3n) is 3.38. The van der Waals surface area contributed by atoms with Crippen LogP contribution in [-0.2, 0) is 6.54 Å². The van der Waals surface area contributed by atoms with E-state index in [0.717, 1.165) is 19.4 Å². The Labute approximate surface area is 122 Å². The minimum atomic E-state index is -0.0469. The van der Waals surface area contributed by atoms with Crippen molar-refractivity contribution in [2.24, 2.45) is 0 Å². The molecule has 0 aliphatic heterocycles. The molecule has 0 spiro atoms. The topological polar surface area (TPSA) is 44.4 Å². The molecular formula is C17H17NO3. The lowest BCUT2D eigenvalue weighted by Crippen LogP contribution is -2.02. The highest BCUT2D eigenvalue weighted by Gasteiger charge is 2.02. The summed E-state index contributed by atoms with van der Waals surface area (Å²) in [5.74, 6) is 0.710. The molecule has 0 saturated heterocycles. The average molecular weight is 283 g/mol. The Morgan fingerprint density at radius 3 is 2.81 bits per heavy atom. The van der Waals surface area contributed by atoms with Crippen LogP contribution in [0.5, 0.6) is 5.75 Å². The largest absolute Gasteiger partial charge is 0.494 e. The van der Waals surface area contributed by atoms with Crippen LogP contribution in [0.4, 0.5) is 0 Å². The number of benzene rings is 1. The Balaban J connectivity index is 1.53. The predicted octanol–water partition coefficient (Wildman–Crippen LogP) is 3.45. The summed E-state index contributed by atoms with van der Waals surface area (Å²) in [6.45, 7) is 1.64. The van der Waals surface area contributed by atoms with Crippen molar-refractivity contribution < 1.29 is 9.15 Å². The van der Waals surface area contributed by atoms with Crippen LogP contribution < -0.4 is 10.2 Å². The van der Waals surface area contributed by atoms with E-state index in [1.807, 2.05) is 18.2 Å². The van der Waals surface area contributed by atoms with Crippen molar-refractivity contribution in [3.8, 4) is 5.75 Å². The molecule has 108 valence electrons. The second-order valence-corrected chi connectivity index (χ2v) is 4.92. The quantitative estimate of drug-likeness (QED) is 0.651. The molecule has 0 radical (unpaired) electrons. The van der Waals surface area contributed by atoms with Gasteiger partial charge >= 0.3 is 0 Å². The lowest BCUT2D eigenvalue weighted by Gasteiger charge is -2.07. The highest BCUT2D eigenvalue weighted by Crippen LogP contribution is 2.18. The number of rotatable bonds is 6. The average Bonchev–Trinajstić information content (AvgIpc) is 3.01. The normalized spacial score (nSPS) is 10.9. The molecule has 0 bridgehead atoms. The lowest BCUT2D eigenvalue weighted by molar-refractivity contribution is 0.303. The Morgan fingerprint density at radius 2 is 1.95 bits per heavy atom. The van der Waals surface area contributed by atoms with E-state index in [4.69, 9.17) is 9.15 Å². The smallest absolute Gasteiger partial charge is 0.192 e. The first-order valence-electron chi connectivity index (χ1n) is 7.08. The van der Waals surface area contributed by atoms with Crippen molar-refractivity contribution >= 4 is 11.0 Å². The van der Waals surface area contributed by atoms with Gasteiger partial charge in [-0.05, 0) is 43.2 Å². The molecule has 2 heterocycles. The summed E-state index contributed by atoms with van der Waals surface area (Å²) >= 11 is 0. The van der Waals surface area contributed by atoms with Gasteiger partial charge in [0.2, 0.25) is 0 Å². The number of unbranched alkanes of at least 4 members (excludes halogenated alkanes) is 1. The molecule has 21 heavy (non-hydrogen) atoms. The number of nitrogens with zero attached hydrogens (tertiary/aromatic N) is 1. The number of hydrogen-bond acceptors (Lipinski definition) is 3. The number of fused-ring (bicyclic) bond motifs is 1. The van der Waals surface area contributed by atoms with Crippen LogP contribution in [0.2, 0.25) is 0 Å². The highest BCUT2D eigenvalue weighted by atomic mass is 16.5. The van der Waals surface area contributed by atoms with E-state index in [2.05, 4.69) is 17.0 Å². The summed E-state index contributed by atoms with van der Waals surface area (Å²) in [5, 5.41) is 0.558. The molecule has 0 N–H and O–H groups in total. The van der Waals surface area contributed by atoms with Gasteiger partial charge in [-0.2, -0.15) is 0 Å². The van der Waals surface area contributed by atoms with Gasteiger partial charge in [0, 0.05) is 25.0 Å². The van der Waals surface area contributed by atoms with Crippen LogP contribution >= 0.6 is 0 Å². The Morgan fingerprint density at radius 1 is 1.10 bits per heavy atom. The molecule has 0 aliphatic rings. The number of ether oxygens (including phenoxy) is 1. The molecule has 0 fully saturated rings. The second-order valence-electron chi connectivity index (χ2n) is 4.92. The van der Waals surface area contributed by atoms with Gasteiger partial charge in [0.1, 0.15) is 11.3 Å². The molecule has 2 aromatic heterocycles. The van der Waals surface area contributed by atoms with Crippen molar-refractivity contribution in [3.63, 3.8) is 0 Å². The van der Waals surface area contributed by atoms with Gasteiger partial charge in [0.15, 0.2) is 5.43 Å². The summed E-state index contributed by atoms with van der Waals surface area (Å²) < 4.78 is 13.1. The van der Waals surface area contributed by atoms with Crippen molar-refractivity contribution in [3.05, 3.63) is 65.3 Å². The van der Waals surface area contributed by atoms with Gasteiger partial charge in [-0.15, -0.1) is 0 Å². The standard InChI is InChI=1S/C17H17NO3/c19-16-7-12-21-17-6-5-14(13-15(16)17)20-11-4-3-10-18-8-1-2-9-18/h1-2,5-9,12-13H,3-4,10-11H2. The van der Waals surface area contributed by atoms with Crippen LogP contribution in [0.3, 0.4) is 0 Å². The van der Waals surface area contributed by atoms with Crippen LogP contribution in [0.15, 0.2) is 64.3 Å². The SMILES string of the molecule is O=c1ccoc2ccc(OCCCCn3cccc3)cc12. The Hall–Kier alpha value is -2.49. The van der Waals surface area contributed by atoms with Gasteiger partial charge in [0.05, 0.1) is 18.3 Å². The summed E-state index contributed by atoms with van der Waals surface area (Å²) in [5.41, 5.74) is 0.539. The van der Waals surface area contributed by atoms with Crippen LogP contribution in [-0.4, -0.2) is 11.2 Å². The molecule has 0 saturated carbocycles. The van der Waals surface area contributed by atoms with Crippen molar-refractivity contribution in [2.75, 3.05) is 6.61 Å². The summed E-state index contributed by atoms with van der Waals surface area (Å²) in [4.78, 5) is 11.7. The summed E-state index contributed by atoms with van der Waals surface area (Å²) in [7, 11) is 0. The number of aryl methyl sites for hydroxylation is 1. The fourth-order valence-electron chi connectivity index (χ4n) is 2.26. The Kier molecular flexibility index (Phi) is 4.05. The van der Waals surface area contributed by atoms with E-state index in [1.165, 1.54) is 12.3 Å². The van der Waals surface area contributed by atoms with Gasteiger partial charge in [-0.25, -0.2) is 0 Å². The molecule has 0 amide bonds. The fraction of sp³-hybridized carbons (Fsp3) is 0.235. The molecule has 4 nitrogen and oxygen atoms in total. The first-order chi connectivity index (χ1) is 10.3. The summed E-state index contributed by atoms with van der Waals surface area (Å²) in [6, 6.07) is 10.8. The summed E-state index contributed by atoms with van der Waals surface area (Å²) in [6.07, 6.45) is 7.56. The minimum Gasteiger partial charge on any atom is -0.494 e. The zero-order chi connectivity index (χ0) is 14.5. The van der Waals surface area contributed by atoms with Crippen LogP contribution in [0.1, 0.15) is 12.8 Å². The van der Waals surface area contributed by atoms with E-state index in [9.17, 15) is 4.79 Å². The molecule has 3 aromatic rings. The van der Waals surface area contributed by atoms with Crippen molar-refractivity contribution in [1.82, 2.24) is 4.57 Å². The Bertz CT molecular complexity index is 759. The molecule has 0 unspecified atom stereocenters. The zero-order valence-electron chi connectivity index (χ0n) is 11.7. The van der Waals surface area contributed by atoms with E-state index in [-0.39, 0.29) is 5.43 Å². The maximum atomic E-state index is 11.7. The van der Waals surface area contributed by atoms with Gasteiger partial charge < -0.3 is 13.7 Å². The molecule has 0 aliphatic carbocycles.